The number of carbonyl (C=O) groups is 3. The van der Waals surface area contributed by atoms with Crippen molar-refractivity contribution >= 4 is 40.6 Å². The van der Waals surface area contributed by atoms with E-state index in [-0.39, 0.29) is 47.9 Å². The van der Waals surface area contributed by atoms with Gasteiger partial charge in [0.1, 0.15) is 11.5 Å². The van der Waals surface area contributed by atoms with Crippen molar-refractivity contribution in [3.8, 4) is 5.75 Å². The Labute approximate surface area is 274 Å². The number of hydrogen-bond acceptors (Lipinski definition) is 12. The molecule has 2 aromatic carbocycles. The van der Waals surface area contributed by atoms with Gasteiger partial charge in [-0.25, -0.2) is 9.79 Å². The summed E-state index contributed by atoms with van der Waals surface area (Å²) in [5.41, 5.74) is 14.7. The first-order valence-corrected chi connectivity index (χ1v) is 14.8. The van der Waals surface area contributed by atoms with Crippen LogP contribution in [0.5, 0.6) is 5.75 Å². The number of fused-ring (bicyclic) bond motifs is 3. The first-order valence-electron chi connectivity index (χ1n) is 14.8. The van der Waals surface area contributed by atoms with Crippen LogP contribution in [0.15, 0.2) is 63.5 Å². The number of phenolic OH excluding ortho intramolecular Hbond substituents is 1. The van der Waals surface area contributed by atoms with Gasteiger partial charge in [0.15, 0.2) is 22.9 Å². The lowest BCUT2D eigenvalue weighted by Crippen LogP contribution is -2.67. The Bertz CT molecular complexity index is 1830. The van der Waals surface area contributed by atoms with Gasteiger partial charge in [-0.3, -0.25) is 14.5 Å². The predicted molar refractivity (Wildman–Crippen MR) is 175 cm³/mol. The molecule has 3 aliphatic rings. The number of aliphatic hydroxyl groups excluding tert-OH is 1. The molecule has 252 valence electrons. The summed E-state index contributed by atoms with van der Waals surface area (Å²) in [6.45, 7) is 0.257. The Morgan fingerprint density at radius 3 is 2.46 bits per heavy atom. The van der Waals surface area contributed by atoms with Gasteiger partial charge in [-0.05, 0) is 55.3 Å². The molecule has 5 rings (SSSR count). The van der Waals surface area contributed by atoms with Gasteiger partial charge in [0.25, 0.3) is 0 Å². The van der Waals surface area contributed by atoms with E-state index in [1.165, 1.54) is 4.90 Å². The molecule has 1 unspecified atom stereocenters. The van der Waals surface area contributed by atoms with Crippen LogP contribution in [0.3, 0.4) is 0 Å². The van der Waals surface area contributed by atoms with Crippen LogP contribution in [0.1, 0.15) is 23.1 Å². The number of aliphatic imine (C=N–C) groups is 1. The quantitative estimate of drug-likeness (QED) is 0.0242. The van der Waals surface area contributed by atoms with Gasteiger partial charge < -0.3 is 36.1 Å². The number of aromatic hydroxyl groups is 1. The highest BCUT2D eigenvalue weighted by atomic mass is 16.6. The summed E-state index contributed by atoms with van der Waals surface area (Å²) in [6, 6.07) is 9.94. The van der Waals surface area contributed by atoms with Gasteiger partial charge in [0.2, 0.25) is 11.6 Å². The van der Waals surface area contributed by atoms with E-state index in [0.717, 1.165) is 5.56 Å². The fraction of sp³-hybridized carbons (Fsp3) is 0.355. The molecule has 1 amide bonds. The number of nitrogens with zero attached hydrogens (tertiary/aromatic N) is 6. The van der Waals surface area contributed by atoms with E-state index in [2.05, 4.69) is 20.4 Å². The molecule has 0 aliphatic heterocycles. The van der Waals surface area contributed by atoms with Crippen LogP contribution >= 0.6 is 0 Å². The topological polar surface area (TPSA) is 265 Å². The minimum absolute atomic E-state index is 0.0238. The molecule has 17 heteroatoms. The van der Waals surface area contributed by atoms with Crippen molar-refractivity contribution in [1.29, 1.82) is 0 Å². The van der Waals surface area contributed by atoms with Crippen LogP contribution in [0.25, 0.3) is 16.2 Å². The van der Waals surface area contributed by atoms with Crippen LogP contribution in [0.4, 0.5) is 11.4 Å². The van der Waals surface area contributed by atoms with Crippen molar-refractivity contribution in [1.82, 2.24) is 10.3 Å². The number of anilines is 2. The fourth-order valence-electron chi connectivity index (χ4n) is 6.94. The Kier molecular flexibility index (Phi) is 9.06. The van der Waals surface area contributed by atoms with Gasteiger partial charge in [-0.15, -0.1) is 5.53 Å². The average molecular weight is 661 g/mol. The van der Waals surface area contributed by atoms with E-state index in [9.17, 15) is 29.7 Å². The van der Waals surface area contributed by atoms with E-state index in [4.69, 9.17) is 22.0 Å². The number of hydrogen-bond donors (Lipinski definition) is 7. The van der Waals surface area contributed by atoms with Crippen molar-refractivity contribution in [2.45, 2.75) is 31.0 Å². The Balaban J connectivity index is 1.63. The number of benzene rings is 2. The van der Waals surface area contributed by atoms with Crippen LogP contribution in [0.2, 0.25) is 0 Å². The van der Waals surface area contributed by atoms with Crippen LogP contribution < -0.4 is 27.3 Å². The number of ketones is 2. The highest BCUT2D eigenvalue weighted by molar-refractivity contribution is 6.33. The molecular formula is C31H36N10O7. The number of likely N-dealkylation sites (N-methyl/N-ethyl adjacent to an activating group) is 1. The summed E-state index contributed by atoms with van der Waals surface area (Å²) in [7, 11) is 6.70. The molecule has 17 nitrogen and oxygen atoms in total. The number of carbonyl (C=O) groups excluding carboxylic acids is 3. The average Bonchev–Trinajstić information content (AvgIpc) is 3.05. The second-order valence-corrected chi connectivity index (χ2v) is 12.2. The van der Waals surface area contributed by atoms with E-state index < -0.39 is 58.0 Å². The van der Waals surface area contributed by atoms with E-state index in [1.807, 2.05) is 35.8 Å². The molecule has 0 saturated heterocycles. The van der Waals surface area contributed by atoms with Crippen LogP contribution in [0, 0.1) is 11.8 Å². The zero-order valence-electron chi connectivity index (χ0n) is 26.6. The molecule has 9 N–H and O–H groups in total. The molecule has 0 radical (unpaired) electrons. The number of aliphatic hydroxyl groups is 2. The lowest BCUT2D eigenvalue weighted by molar-refractivity contribution is -0.162. The SMILES string of the molecule is CN(C)c1cc(NC(N)=NCc2ccccc2)c(O)c2c1C[C@H]1C[C@H]3C(N(C)C)C(ON)=C(C(=O)NN=[N+]=[N-])C(=O)[C@@]3(O)C(=O)C1=C2O. The highest BCUT2D eigenvalue weighted by Gasteiger charge is 2.66. The Morgan fingerprint density at radius 2 is 1.85 bits per heavy atom. The number of rotatable bonds is 8. The van der Waals surface area contributed by atoms with E-state index >= 15 is 0 Å². The number of amides is 1. The molecular weight excluding hydrogens is 624 g/mol. The molecule has 0 spiro atoms. The fourth-order valence-corrected chi connectivity index (χ4v) is 6.94. The second kappa shape index (κ2) is 12.9. The summed E-state index contributed by atoms with van der Waals surface area (Å²) in [5, 5.41) is 41.1. The highest BCUT2D eigenvalue weighted by Crippen LogP contribution is 2.54. The first kappa shape index (κ1) is 33.7. The normalized spacial score (nSPS) is 23.6. The summed E-state index contributed by atoms with van der Waals surface area (Å²) in [4.78, 5) is 56.3. The number of azide groups is 1. The maximum Gasteiger partial charge on any atom is 0.349 e. The van der Waals surface area contributed by atoms with Crippen LogP contribution in [-0.4, -0.2) is 83.5 Å². The van der Waals surface area contributed by atoms with Gasteiger partial charge >= 0.3 is 5.91 Å². The van der Waals surface area contributed by atoms with Crippen molar-refractivity contribution in [3.05, 3.63) is 80.4 Å². The van der Waals surface area contributed by atoms with Crippen molar-refractivity contribution in [3.63, 3.8) is 0 Å². The summed E-state index contributed by atoms with van der Waals surface area (Å²) < 4.78 is 0. The zero-order chi connectivity index (χ0) is 35.1. The molecule has 0 bridgehead atoms. The van der Waals surface area contributed by atoms with Crippen molar-refractivity contribution in [2.24, 2.45) is 33.7 Å². The largest absolute Gasteiger partial charge is 0.507 e. The number of nitrogens with two attached hydrogens (primary N) is 2. The van der Waals surface area contributed by atoms with E-state index in [0.29, 0.717) is 11.3 Å². The molecule has 4 atom stereocenters. The first-order chi connectivity index (χ1) is 22.8. The third-order valence-electron chi connectivity index (χ3n) is 9.00. The third-order valence-corrected chi connectivity index (χ3v) is 9.00. The van der Waals surface area contributed by atoms with Crippen molar-refractivity contribution in [2.75, 3.05) is 38.4 Å². The number of guanidine groups is 1. The number of phenols is 1. The second-order valence-electron chi connectivity index (χ2n) is 12.2. The number of Topliss-reactive ketones (excluding diaryl/α,β-unsaturated/α-hetero) is 2. The van der Waals surface area contributed by atoms with Gasteiger partial charge in [-0.1, -0.05) is 30.3 Å². The minimum atomic E-state index is -2.86. The lowest BCUT2D eigenvalue weighted by atomic mass is 9.57. The standard InChI is InChI=1S/C31H36N10O7/c1-40(2)19-12-18(36-30(32)35-13-14-8-6-5-7-9-14)24(42)21-16(19)10-15-11-17-23(41(3)4)26(48-34)22(29(46)37-39-38-33)28(45)31(17,47)27(44)20(15)25(21)43/h5-9,12,15,17,23,42-43,47H,10-11,13,34H2,1-4H3,(H,37,46)(H3,32,35,36)/t15-,17-,23?,31-/m0/s1. The monoisotopic (exact) mass is 660 g/mol. The van der Waals surface area contributed by atoms with Gasteiger partial charge in [0, 0.05) is 31.3 Å². The molecule has 1 fully saturated rings. The molecule has 1 saturated carbocycles. The van der Waals surface area contributed by atoms with Crippen molar-refractivity contribution < 1.29 is 34.5 Å². The maximum absolute atomic E-state index is 14.3. The zero-order valence-corrected chi connectivity index (χ0v) is 26.6. The van der Waals surface area contributed by atoms with E-state index in [1.54, 1.807) is 39.2 Å². The Hall–Kier alpha value is -5.61. The Morgan fingerprint density at radius 1 is 1.17 bits per heavy atom. The van der Waals surface area contributed by atoms with Gasteiger partial charge in [0.05, 0.1) is 23.8 Å². The number of nitrogens with one attached hydrogen (secondary N) is 2. The molecule has 0 aromatic heterocycles. The summed E-state index contributed by atoms with van der Waals surface area (Å²) in [5.74, 6) is -1.54. The molecule has 3 aliphatic carbocycles. The van der Waals surface area contributed by atoms with Gasteiger partial charge in [-0.2, -0.15) is 16.2 Å². The molecule has 2 aromatic rings. The summed E-state index contributed by atoms with van der Waals surface area (Å²) in [6.07, 6.45) is 0.105. The smallest absolute Gasteiger partial charge is 0.349 e. The summed E-state index contributed by atoms with van der Waals surface area (Å²) >= 11 is 0. The lowest BCUT2D eigenvalue weighted by Gasteiger charge is -2.50. The predicted octanol–water partition coefficient (Wildman–Crippen LogP) is 1.15. The maximum atomic E-state index is 14.3. The molecule has 48 heavy (non-hydrogen) atoms. The minimum Gasteiger partial charge on any atom is -0.507 e. The third kappa shape index (κ3) is 5.43. The molecule has 0 heterocycles. The van der Waals surface area contributed by atoms with Crippen LogP contribution in [-0.2, 0) is 32.2 Å².